The van der Waals surface area contributed by atoms with Gasteiger partial charge < -0.3 is 15.0 Å². The van der Waals surface area contributed by atoms with Gasteiger partial charge in [-0.3, -0.25) is 4.79 Å². The highest BCUT2D eigenvalue weighted by Gasteiger charge is 2.30. The lowest BCUT2D eigenvalue weighted by molar-refractivity contribution is 0.0632. The number of para-hydroxylation sites is 1. The Morgan fingerprint density at radius 2 is 2.08 bits per heavy atom. The van der Waals surface area contributed by atoms with Crippen LogP contribution in [0, 0.1) is 0 Å². The standard InChI is InChI=1S/C20H20N2O2S.ClH/c1-24-18-5-3-2-4-16(18)17-13-21-9-10-22(17)20(23)15-6-7-19-14(12-15)8-11-25-19;/h2-8,11-12,17,21H,9-10,13H2,1H3;1H. The number of hydrogen-bond donors (Lipinski definition) is 1. The zero-order valence-corrected chi connectivity index (χ0v) is 16.1. The number of rotatable bonds is 3. The maximum atomic E-state index is 13.2. The van der Waals surface area contributed by atoms with Crippen LogP contribution >= 0.6 is 23.7 Å². The molecule has 1 atom stereocenters. The molecule has 1 aromatic heterocycles. The Kier molecular flexibility index (Phi) is 5.81. The first kappa shape index (κ1) is 18.7. The second-order valence-corrected chi connectivity index (χ2v) is 7.08. The van der Waals surface area contributed by atoms with Gasteiger partial charge in [0, 0.05) is 35.5 Å². The van der Waals surface area contributed by atoms with Crippen LogP contribution in [0.15, 0.2) is 53.9 Å². The Morgan fingerprint density at radius 3 is 2.92 bits per heavy atom. The molecule has 26 heavy (non-hydrogen) atoms. The van der Waals surface area contributed by atoms with Gasteiger partial charge in [-0.15, -0.1) is 23.7 Å². The molecule has 2 heterocycles. The first-order valence-electron chi connectivity index (χ1n) is 8.40. The second kappa shape index (κ2) is 8.08. The lowest BCUT2D eigenvalue weighted by Crippen LogP contribution is -2.48. The van der Waals surface area contributed by atoms with Crippen LogP contribution in [0.4, 0.5) is 0 Å². The summed E-state index contributed by atoms with van der Waals surface area (Å²) in [5.41, 5.74) is 1.79. The van der Waals surface area contributed by atoms with E-state index < -0.39 is 0 Å². The van der Waals surface area contributed by atoms with Gasteiger partial charge in [0.1, 0.15) is 5.75 Å². The third-order valence-corrected chi connectivity index (χ3v) is 5.60. The maximum Gasteiger partial charge on any atom is 0.254 e. The van der Waals surface area contributed by atoms with Crippen molar-refractivity contribution in [2.45, 2.75) is 6.04 Å². The van der Waals surface area contributed by atoms with Crippen LogP contribution in [0.25, 0.3) is 10.1 Å². The monoisotopic (exact) mass is 388 g/mol. The molecule has 0 saturated carbocycles. The Labute approximate surface area is 163 Å². The quantitative estimate of drug-likeness (QED) is 0.733. The molecule has 2 aromatic carbocycles. The van der Waals surface area contributed by atoms with E-state index in [0.717, 1.165) is 35.4 Å². The van der Waals surface area contributed by atoms with Gasteiger partial charge >= 0.3 is 0 Å². The number of halogens is 1. The number of thiophene rings is 1. The van der Waals surface area contributed by atoms with Crippen molar-refractivity contribution < 1.29 is 9.53 Å². The van der Waals surface area contributed by atoms with Crippen LogP contribution in [-0.2, 0) is 0 Å². The van der Waals surface area contributed by atoms with Crippen molar-refractivity contribution in [2.24, 2.45) is 0 Å². The molecular weight excluding hydrogens is 368 g/mol. The van der Waals surface area contributed by atoms with Gasteiger partial charge in [-0.25, -0.2) is 0 Å². The first-order chi connectivity index (χ1) is 12.3. The van der Waals surface area contributed by atoms with Crippen molar-refractivity contribution in [3.05, 3.63) is 65.0 Å². The normalized spacial score (nSPS) is 17.0. The van der Waals surface area contributed by atoms with E-state index in [0.29, 0.717) is 6.54 Å². The molecule has 136 valence electrons. The van der Waals surface area contributed by atoms with Crippen LogP contribution in [-0.4, -0.2) is 37.6 Å². The fraction of sp³-hybridized carbons (Fsp3) is 0.250. The molecule has 4 rings (SSSR count). The zero-order chi connectivity index (χ0) is 17.2. The van der Waals surface area contributed by atoms with E-state index in [1.165, 1.54) is 4.70 Å². The highest BCUT2D eigenvalue weighted by molar-refractivity contribution is 7.17. The van der Waals surface area contributed by atoms with Crippen molar-refractivity contribution in [3.63, 3.8) is 0 Å². The molecule has 6 heteroatoms. The molecule has 0 aliphatic carbocycles. The smallest absolute Gasteiger partial charge is 0.254 e. The van der Waals surface area contributed by atoms with Crippen molar-refractivity contribution in [1.82, 2.24) is 10.2 Å². The number of nitrogens with zero attached hydrogens (tertiary/aromatic N) is 1. The molecule has 1 amide bonds. The number of amides is 1. The summed E-state index contributed by atoms with van der Waals surface area (Å²) in [6, 6.07) is 15.9. The van der Waals surface area contributed by atoms with Gasteiger partial charge in [-0.05, 0) is 41.1 Å². The van der Waals surface area contributed by atoms with Crippen LogP contribution in [0.5, 0.6) is 5.75 Å². The van der Waals surface area contributed by atoms with Gasteiger partial charge in [0.15, 0.2) is 0 Å². The van der Waals surface area contributed by atoms with Gasteiger partial charge in [-0.2, -0.15) is 0 Å². The number of nitrogens with one attached hydrogen (secondary N) is 1. The molecule has 0 spiro atoms. The minimum absolute atomic E-state index is 0. The summed E-state index contributed by atoms with van der Waals surface area (Å²) >= 11 is 1.69. The Bertz CT molecular complexity index is 911. The minimum Gasteiger partial charge on any atom is -0.496 e. The number of methoxy groups -OCH3 is 1. The first-order valence-corrected chi connectivity index (χ1v) is 9.28. The molecule has 1 aliphatic heterocycles. The number of ether oxygens (including phenoxy) is 1. The topological polar surface area (TPSA) is 41.6 Å². The molecule has 3 aromatic rings. The summed E-state index contributed by atoms with van der Waals surface area (Å²) in [6.45, 7) is 2.22. The molecule has 1 N–H and O–H groups in total. The molecule has 0 radical (unpaired) electrons. The molecule has 1 aliphatic rings. The predicted molar refractivity (Wildman–Crippen MR) is 109 cm³/mol. The number of carbonyl (C=O) groups excluding carboxylic acids is 1. The lowest BCUT2D eigenvalue weighted by Gasteiger charge is -2.37. The summed E-state index contributed by atoms with van der Waals surface area (Å²) in [5.74, 6) is 0.896. The fourth-order valence-electron chi connectivity index (χ4n) is 3.43. The number of hydrogen-bond acceptors (Lipinski definition) is 4. The molecule has 1 unspecified atom stereocenters. The highest BCUT2D eigenvalue weighted by Crippen LogP contribution is 2.31. The van der Waals surface area contributed by atoms with Crippen molar-refractivity contribution in [3.8, 4) is 5.75 Å². The summed E-state index contributed by atoms with van der Waals surface area (Å²) in [5, 5.41) is 6.58. The van der Waals surface area contributed by atoms with E-state index >= 15 is 0 Å². The largest absolute Gasteiger partial charge is 0.496 e. The maximum absolute atomic E-state index is 13.2. The SMILES string of the molecule is COc1ccccc1C1CNCCN1C(=O)c1ccc2sccc2c1.Cl. The van der Waals surface area contributed by atoms with Gasteiger partial charge in [0.2, 0.25) is 0 Å². The van der Waals surface area contributed by atoms with E-state index in [2.05, 4.69) is 16.8 Å². The number of benzene rings is 2. The number of fused-ring (bicyclic) bond motifs is 1. The van der Waals surface area contributed by atoms with Crippen molar-refractivity contribution in [1.29, 1.82) is 0 Å². The van der Waals surface area contributed by atoms with Crippen molar-refractivity contribution in [2.75, 3.05) is 26.7 Å². The van der Waals surface area contributed by atoms with E-state index in [1.54, 1.807) is 18.4 Å². The van der Waals surface area contributed by atoms with Gasteiger partial charge in [-0.1, -0.05) is 18.2 Å². The Hall–Kier alpha value is -2.08. The van der Waals surface area contributed by atoms with E-state index in [-0.39, 0.29) is 24.4 Å². The minimum atomic E-state index is -0.0319. The van der Waals surface area contributed by atoms with E-state index in [4.69, 9.17) is 4.74 Å². The number of piperazine rings is 1. The highest BCUT2D eigenvalue weighted by atomic mass is 35.5. The third kappa shape index (κ3) is 3.43. The third-order valence-electron chi connectivity index (χ3n) is 4.70. The summed E-state index contributed by atoms with van der Waals surface area (Å²) in [4.78, 5) is 15.2. The molecule has 4 nitrogen and oxygen atoms in total. The van der Waals surface area contributed by atoms with Gasteiger partial charge in [0.25, 0.3) is 5.91 Å². The molecule has 1 fully saturated rings. The van der Waals surface area contributed by atoms with E-state index in [9.17, 15) is 4.79 Å². The number of carbonyl (C=O) groups is 1. The predicted octanol–water partition coefficient (Wildman–Crippen LogP) is 4.12. The lowest BCUT2D eigenvalue weighted by atomic mass is 10.0. The summed E-state index contributed by atoms with van der Waals surface area (Å²) in [6.07, 6.45) is 0. The average Bonchev–Trinajstić information content (AvgIpc) is 3.15. The van der Waals surface area contributed by atoms with Crippen LogP contribution in [0.3, 0.4) is 0 Å². The molecule has 0 bridgehead atoms. The van der Waals surface area contributed by atoms with Crippen LogP contribution in [0.1, 0.15) is 22.0 Å². The van der Waals surface area contributed by atoms with Crippen LogP contribution < -0.4 is 10.1 Å². The Balaban J connectivity index is 0.00000196. The van der Waals surface area contributed by atoms with Crippen LogP contribution in [0.2, 0.25) is 0 Å². The zero-order valence-electron chi connectivity index (χ0n) is 14.5. The molecular formula is C20H21ClN2O2S. The van der Waals surface area contributed by atoms with Gasteiger partial charge in [0.05, 0.1) is 13.2 Å². The fourth-order valence-corrected chi connectivity index (χ4v) is 4.20. The summed E-state index contributed by atoms with van der Waals surface area (Å²) in [7, 11) is 1.67. The molecule has 1 saturated heterocycles. The average molecular weight is 389 g/mol. The Morgan fingerprint density at radius 1 is 1.23 bits per heavy atom. The summed E-state index contributed by atoms with van der Waals surface area (Å²) < 4.78 is 6.72. The second-order valence-electron chi connectivity index (χ2n) is 6.13. The van der Waals surface area contributed by atoms with Crippen molar-refractivity contribution >= 4 is 39.7 Å². The van der Waals surface area contributed by atoms with E-state index in [1.807, 2.05) is 47.4 Å².